The van der Waals surface area contributed by atoms with E-state index in [9.17, 15) is 20.1 Å². The van der Waals surface area contributed by atoms with Gasteiger partial charge in [0.25, 0.3) is 0 Å². The zero-order valence-electron chi connectivity index (χ0n) is 40.1. The monoisotopic (exact) mass is 919 g/mol. The van der Waals surface area contributed by atoms with Crippen LogP contribution in [0.5, 0.6) is 23.0 Å². The van der Waals surface area contributed by atoms with Crippen molar-refractivity contribution >= 4 is 5.91 Å². The summed E-state index contributed by atoms with van der Waals surface area (Å²) >= 11 is 0. The Morgan fingerprint density at radius 1 is 0.470 bits per heavy atom. The van der Waals surface area contributed by atoms with Crippen molar-refractivity contribution in [2.75, 3.05) is 78.5 Å². The number of rotatable bonds is 30. The Hall–Kier alpha value is -4.81. The van der Waals surface area contributed by atoms with E-state index < -0.39 is 0 Å². The number of amides is 1. The number of primary amides is 1. The molecule has 15 heteroatoms. The van der Waals surface area contributed by atoms with Crippen LogP contribution in [0.4, 0.5) is 0 Å². The summed E-state index contributed by atoms with van der Waals surface area (Å²) in [6, 6.07) is 29.6. The van der Waals surface area contributed by atoms with Crippen molar-refractivity contribution in [2.24, 2.45) is 22.9 Å². The fraction of sp³-hybridized carbons (Fsp3) is 0.510. The minimum Gasteiger partial charge on any atom is -0.508 e. The lowest BCUT2D eigenvalue weighted by Crippen LogP contribution is -2.47. The number of phenolic OH excluding ortho intramolecular Hbond substituents is 4. The van der Waals surface area contributed by atoms with Crippen LogP contribution in [-0.4, -0.2) is 123 Å². The summed E-state index contributed by atoms with van der Waals surface area (Å²) in [5.74, 6) is 0.772. The molecular formula is C51H86N10O5. The lowest BCUT2D eigenvalue weighted by atomic mass is 10.0. The minimum atomic E-state index is -0.324. The second-order valence-corrected chi connectivity index (χ2v) is 16.3. The molecule has 0 spiro atoms. The van der Waals surface area contributed by atoms with E-state index in [0.717, 1.165) is 94.9 Å². The van der Waals surface area contributed by atoms with Crippen molar-refractivity contribution in [3.8, 4) is 23.0 Å². The average Bonchev–Trinajstić information content (AvgIpc) is 3.30. The number of aromatic hydroxyl groups is 4. The van der Waals surface area contributed by atoms with Gasteiger partial charge in [-0.25, -0.2) is 0 Å². The van der Waals surface area contributed by atoms with Gasteiger partial charge in [-0.3, -0.25) is 4.79 Å². The van der Waals surface area contributed by atoms with Crippen molar-refractivity contribution in [2.45, 2.75) is 90.3 Å². The minimum absolute atomic E-state index is 0.137. The molecule has 0 aliphatic carbocycles. The third kappa shape index (κ3) is 32.8. The summed E-state index contributed by atoms with van der Waals surface area (Å²) < 4.78 is 0. The Balaban J connectivity index is 0.00000101. The second kappa shape index (κ2) is 39.4. The fourth-order valence-corrected chi connectivity index (χ4v) is 6.41. The predicted octanol–water partition coefficient (Wildman–Crippen LogP) is 3.50. The molecule has 4 rings (SSSR count). The number of aryl methyl sites for hydroxylation is 1. The zero-order valence-corrected chi connectivity index (χ0v) is 40.1. The van der Waals surface area contributed by atoms with Gasteiger partial charge in [0, 0.05) is 90.0 Å². The van der Waals surface area contributed by atoms with Gasteiger partial charge in [-0.05, 0) is 117 Å². The number of unbranched alkanes of at least 4 members (excludes halogenated alkanes) is 2. The van der Waals surface area contributed by atoms with Crippen LogP contribution in [0.2, 0.25) is 0 Å². The fourth-order valence-electron chi connectivity index (χ4n) is 6.41. The number of carbonyl (C=O) groups is 1. The number of nitrogens with one attached hydrogen (secondary N) is 6. The molecule has 370 valence electrons. The molecular weight excluding hydrogens is 833 g/mol. The molecule has 18 N–H and O–H groups in total. The number of hydrogen-bond donors (Lipinski definition) is 14. The quantitative estimate of drug-likeness (QED) is 0.0334. The molecule has 15 nitrogen and oxygen atoms in total. The highest BCUT2D eigenvalue weighted by molar-refractivity contribution is 5.73. The highest BCUT2D eigenvalue weighted by atomic mass is 16.3. The number of phenols is 4. The normalized spacial score (nSPS) is 12.0. The number of hydrogen-bond acceptors (Lipinski definition) is 14. The molecule has 4 aromatic rings. The molecule has 3 unspecified atom stereocenters. The Morgan fingerprint density at radius 2 is 0.788 bits per heavy atom. The Labute approximate surface area is 395 Å². The maximum atomic E-state index is 11.1. The largest absolute Gasteiger partial charge is 0.508 e. The number of carbonyl (C=O) groups excluding carboxylic acids is 1. The van der Waals surface area contributed by atoms with Crippen molar-refractivity contribution in [3.63, 3.8) is 0 Å². The van der Waals surface area contributed by atoms with Crippen LogP contribution in [0.25, 0.3) is 0 Å². The molecule has 0 bridgehead atoms. The molecule has 1 amide bonds. The maximum Gasteiger partial charge on any atom is 0.218 e. The van der Waals surface area contributed by atoms with Crippen LogP contribution >= 0.6 is 0 Å². The van der Waals surface area contributed by atoms with E-state index in [-0.39, 0.29) is 41.3 Å². The van der Waals surface area contributed by atoms with Crippen LogP contribution in [0.15, 0.2) is 97.1 Å². The first-order valence-electron chi connectivity index (χ1n) is 23.7. The van der Waals surface area contributed by atoms with E-state index in [1.54, 1.807) is 48.5 Å². The van der Waals surface area contributed by atoms with Crippen molar-refractivity contribution in [3.05, 3.63) is 119 Å². The summed E-state index contributed by atoms with van der Waals surface area (Å²) in [5, 5.41) is 59.0. The lowest BCUT2D eigenvalue weighted by molar-refractivity contribution is -0.117. The van der Waals surface area contributed by atoms with Gasteiger partial charge in [-0.1, -0.05) is 80.8 Å². The Kier molecular flexibility index (Phi) is 35.3. The van der Waals surface area contributed by atoms with Gasteiger partial charge >= 0.3 is 0 Å². The lowest BCUT2D eigenvalue weighted by Gasteiger charge is -2.23. The number of nitrogens with two attached hydrogens (primary N) is 4. The molecule has 0 fully saturated rings. The molecule has 4 aromatic carbocycles. The first kappa shape index (κ1) is 59.2. The zero-order chi connectivity index (χ0) is 48.6. The van der Waals surface area contributed by atoms with Crippen LogP contribution < -0.4 is 54.8 Å². The molecule has 0 aliphatic heterocycles. The SMILES string of the molecule is CCCCN.CCCCN.Cc1ccc(O)cc1.NCCNC(CNCCNC(CNCCNC(CNCCC(N)=O)Cc1ccc(O)cc1)Cc1ccc(O)cc1)Cc1ccc(O)cc1. The van der Waals surface area contributed by atoms with Crippen LogP contribution in [0.3, 0.4) is 0 Å². The molecule has 0 aliphatic rings. The Morgan fingerprint density at radius 3 is 1.06 bits per heavy atom. The number of benzene rings is 4. The Bertz CT molecular complexity index is 1690. The summed E-state index contributed by atoms with van der Waals surface area (Å²) in [4.78, 5) is 11.1. The van der Waals surface area contributed by atoms with Gasteiger partial charge < -0.3 is 75.3 Å². The third-order valence-corrected chi connectivity index (χ3v) is 10.2. The van der Waals surface area contributed by atoms with Gasteiger partial charge in [-0.15, -0.1) is 0 Å². The molecule has 66 heavy (non-hydrogen) atoms. The van der Waals surface area contributed by atoms with E-state index >= 15 is 0 Å². The summed E-state index contributed by atoms with van der Waals surface area (Å²) in [7, 11) is 0. The first-order valence-corrected chi connectivity index (χ1v) is 23.7. The van der Waals surface area contributed by atoms with Crippen molar-refractivity contribution in [1.29, 1.82) is 0 Å². The molecule has 0 saturated carbocycles. The van der Waals surface area contributed by atoms with Gasteiger partial charge in [0.05, 0.1) is 0 Å². The highest BCUT2D eigenvalue weighted by Crippen LogP contribution is 2.14. The third-order valence-electron chi connectivity index (χ3n) is 10.2. The van der Waals surface area contributed by atoms with Gasteiger partial charge in [0.15, 0.2) is 0 Å². The van der Waals surface area contributed by atoms with Crippen molar-refractivity contribution in [1.82, 2.24) is 31.9 Å². The summed E-state index contributed by atoms with van der Waals surface area (Å²) in [6.07, 6.45) is 7.49. The van der Waals surface area contributed by atoms with Gasteiger partial charge in [-0.2, -0.15) is 0 Å². The van der Waals surface area contributed by atoms with Crippen LogP contribution in [0, 0.1) is 6.92 Å². The smallest absolute Gasteiger partial charge is 0.218 e. The maximum absolute atomic E-state index is 11.1. The standard InChI is InChI=1S/C36H56N8O4.C7H8O.2C4H11N/c37-14-16-42-30(21-27-1-7-33(45)8-2-27)25-40-17-20-44-32(23-29-5-11-35(47)12-6-29)26-41-18-19-43-31(24-39-15-13-36(38)48)22-28-3-9-34(46)10-4-28;1-6-2-4-7(8)5-3-6;2*1-2-3-4-5/h1-12,30-32,39-47H,13-26,37H2,(H2,38,48);2-5,8H,1H3;2*2-5H2,1H3. The molecule has 0 heterocycles. The summed E-state index contributed by atoms with van der Waals surface area (Å²) in [5.41, 5.74) is 25.9. The van der Waals surface area contributed by atoms with Crippen molar-refractivity contribution < 1.29 is 25.2 Å². The van der Waals surface area contributed by atoms with E-state index in [4.69, 9.17) is 28.0 Å². The molecule has 3 atom stereocenters. The molecule has 0 saturated heterocycles. The van der Waals surface area contributed by atoms with E-state index in [0.29, 0.717) is 31.8 Å². The van der Waals surface area contributed by atoms with E-state index in [1.165, 1.54) is 31.2 Å². The average molecular weight is 919 g/mol. The van der Waals surface area contributed by atoms with Gasteiger partial charge in [0.1, 0.15) is 23.0 Å². The van der Waals surface area contributed by atoms with Crippen LogP contribution in [-0.2, 0) is 24.1 Å². The topological polar surface area (TPSA) is 274 Å². The first-order chi connectivity index (χ1) is 31.9. The highest BCUT2D eigenvalue weighted by Gasteiger charge is 2.13. The van der Waals surface area contributed by atoms with E-state index in [1.807, 2.05) is 55.5 Å². The van der Waals surface area contributed by atoms with Gasteiger partial charge in [0.2, 0.25) is 5.91 Å². The molecule has 0 aromatic heterocycles. The molecule has 0 radical (unpaired) electrons. The van der Waals surface area contributed by atoms with Crippen LogP contribution in [0.1, 0.15) is 68.2 Å². The summed E-state index contributed by atoms with van der Waals surface area (Å²) in [6.45, 7) is 15.1. The van der Waals surface area contributed by atoms with E-state index in [2.05, 4.69) is 45.7 Å². The second-order valence-electron chi connectivity index (χ2n) is 16.3. The predicted molar refractivity (Wildman–Crippen MR) is 273 cm³/mol.